The van der Waals surface area contributed by atoms with Gasteiger partial charge in [-0.1, -0.05) is 23.8 Å². The number of halogens is 1. The van der Waals surface area contributed by atoms with Crippen molar-refractivity contribution in [1.82, 2.24) is 0 Å². The molecule has 0 fully saturated rings. The average molecular weight is 333 g/mol. The van der Waals surface area contributed by atoms with Gasteiger partial charge in [0.25, 0.3) is 5.91 Å². The molecule has 0 aromatic heterocycles. The molecule has 1 aromatic rings. The first-order valence-corrected chi connectivity index (χ1v) is 7.75. The number of hydrogen-bond donors (Lipinski definition) is 1. The molecule has 1 N–H and O–H groups in total. The van der Waals surface area contributed by atoms with Crippen molar-refractivity contribution in [3.63, 3.8) is 0 Å². The number of amides is 1. The van der Waals surface area contributed by atoms with E-state index in [9.17, 15) is 9.59 Å². The molecule has 0 aliphatic heterocycles. The molecule has 0 heterocycles. The third-order valence-corrected chi connectivity index (χ3v) is 3.93. The summed E-state index contributed by atoms with van der Waals surface area (Å²) in [5.74, 6) is -0.972. The molecule has 1 aliphatic rings. The van der Waals surface area contributed by atoms with Crippen LogP contribution < -0.4 is 5.32 Å². The van der Waals surface area contributed by atoms with Crippen LogP contribution in [0.3, 0.4) is 0 Å². The Labute approximate surface area is 139 Å². The highest BCUT2D eigenvalue weighted by Gasteiger charge is 2.25. The van der Waals surface area contributed by atoms with Crippen molar-refractivity contribution in [2.45, 2.75) is 32.3 Å². The van der Waals surface area contributed by atoms with Crippen molar-refractivity contribution in [1.29, 1.82) is 5.26 Å². The quantitative estimate of drug-likeness (QED) is 0.676. The molecule has 5 nitrogen and oxygen atoms in total. The second-order valence-electron chi connectivity index (χ2n) is 5.36. The highest BCUT2D eigenvalue weighted by atomic mass is 35.5. The van der Waals surface area contributed by atoms with Gasteiger partial charge in [0.15, 0.2) is 6.10 Å². The van der Waals surface area contributed by atoms with E-state index in [1.807, 2.05) is 18.2 Å². The van der Waals surface area contributed by atoms with Gasteiger partial charge >= 0.3 is 5.97 Å². The molecule has 6 heteroatoms. The second kappa shape index (κ2) is 7.80. The summed E-state index contributed by atoms with van der Waals surface area (Å²) in [7, 11) is 0. The SMILES string of the molecule is C[C@@H](OC(=O)[C@H]1CC=CCC1)C(=O)Nc1ccc(C#N)c(Cl)c1. The molecule has 1 aliphatic carbocycles. The van der Waals surface area contributed by atoms with E-state index >= 15 is 0 Å². The van der Waals surface area contributed by atoms with E-state index in [1.165, 1.54) is 19.1 Å². The number of carbonyl (C=O) groups is 2. The standard InChI is InChI=1S/C17H17ClN2O3/c1-11(23-17(22)12-5-3-2-4-6-12)16(21)20-14-8-7-13(10-19)15(18)9-14/h2-3,7-9,11-12H,4-6H2,1H3,(H,20,21)/t11-,12+/m1/s1. The molecule has 23 heavy (non-hydrogen) atoms. The minimum Gasteiger partial charge on any atom is -0.452 e. The van der Waals surface area contributed by atoms with Gasteiger partial charge in [0.1, 0.15) is 6.07 Å². The van der Waals surface area contributed by atoms with Crippen LogP contribution in [0.1, 0.15) is 31.7 Å². The number of anilines is 1. The highest BCUT2D eigenvalue weighted by molar-refractivity contribution is 6.32. The first-order chi connectivity index (χ1) is 11.0. The third kappa shape index (κ3) is 4.57. The van der Waals surface area contributed by atoms with Gasteiger partial charge < -0.3 is 10.1 Å². The number of hydrogen-bond acceptors (Lipinski definition) is 4. The predicted octanol–water partition coefficient (Wildman–Crippen LogP) is 3.44. The Morgan fingerprint density at radius 3 is 2.83 bits per heavy atom. The van der Waals surface area contributed by atoms with Crippen LogP contribution in [0.2, 0.25) is 5.02 Å². The van der Waals surface area contributed by atoms with Crippen molar-refractivity contribution >= 4 is 29.2 Å². The van der Waals surface area contributed by atoms with E-state index < -0.39 is 12.0 Å². The fourth-order valence-corrected chi connectivity index (χ4v) is 2.48. The Balaban J connectivity index is 1.92. The lowest BCUT2D eigenvalue weighted by Gasteiger charge is -2.19. The van der Waals surface area contributed by atoms with Gasteiger partial charge in [0.05, 0.1) is 16.5 Å². The van der Waals surface area contributed by atoms with Crippen LogP contribution >= 0.6 is 11.6 Å². The number of carbonyl (C=O) groups excluding carboxylic acids is 2. The van der Waals surface area contributed by atoms with Gasteiger partial charge in [-0.2, -0.15) is 5.26 Å². The molecule has 120 valence electrons. The lowest BCUT2D eigenvalue weighted by atomic mass is 9.95. The van der Waals surface area contributed by atoms with Gasteiger partial charge in [-0.3, -0.25) is 9.59 Å². The molecule has 0 saturated heterocycles. The zero-order valence-electron chi connectivity index (χ0n) is 12.7. The zero-order chi connectivity index (χ0) is 16.8. The number of esters is 1. The Kier molecular flexibility index (Phi) is 5.78. The number of nitrogens with zero attached hydrogens (tertiary/aromatic N) is 1. The summed E-state index contributed by atoms with van der Waals surface area (Å²) in [4.78, 5) is 24.1. The van der Waals surface area contributed by atoms with E-state index in [1.54, 1.807) is 6.07 Å². The first kappa shape index (κ1) is 17.0. The van der Waals surface area contributed by atoms with Gasteiger partial charge in [-0.15, -0.1) is 0 Å². The van der Waals surface area contributed by atoms with Crippen LogP contribution in [-0.4, -0.2) is 18.0 Å². The molecule has 0 bridgehead atoms. The van der Waals surface area contributed by atoms with Crippen molar-refractivity contribution in [3.05, 3.63) is 40.9 Å². The number of nitrogens with one attached hydrogen (secondary N) is 1. The topological polar surface area (TPSA) is 79.2 Å². The zero-order valence-corrected chi connectivity index (χ0v) is 13.5. The highest BCUT2D eigenvalue weighted by Crippen LogP contribution is 2.22. The van der Waals surface area contributed by atoms with Gasteiger partial charge in [0, 0.05) is 5.69 Å². The fourth-order valence-electron chi connectivity index (χ4n) is 2.26. The minimum atomic E-state index is -0.900. The van der Waals surface area contributed by atoms with E-state index in [2.05, 4.69) is 5.32 Å². The van der Waals surface area contributed by atoms with Gasteiger partial charge in [0.2, 0.25) is 0 Å². The summed E-state index contributed by atoms with van der Waals surface area (Å²) in [5, 5.41) is 11.7. The Morgan fingerprint density at radius 2 is 2.22 bits per heavy atom. The Bertz CT molecular complexity index is 679. The van der Waals surface area contributed by atoms with Crippen LogP contribution in [-0.2, 0) is 14.3 Å². The molecular weight excluding hydrogens is 316 g/mol. The number of nitriles is 1. The summed E-state index contributed by atoms with van der Waals surface area (Å²) in [6.07, 6.45) is 5.34. The number of allylic oxidation sites excluding steroid dienone is 2. The lowest BCUT2D eigenvalue weighted by molar-refractivity contribution is -0.157. The number of ether oxygens (including phenoxy) is 1. The average Bonchev–Trinajstić information content (AvgIpc) is 2.55. The summed E-state index contributed by atoms with van der Waals surface area (Å²) < 4.78 is 5.23. The van der Waals surface area contributed by atoms with Gasteiger partial charge in [-0.05, 0) is 44.4 Å². The fraction of sp³-hybridized carbons (Fsp3) is 0.353. The maximum atomic E-state index is 12.1. The molecule has 0 saturated carbocycles. The Morgan fingerprint density at radius 1 is 1.43 bits per heavy atom. The normalized spacial score (nSPS) is 17.9. The first-order valence-electron chi connectivity index (χ1n) is 7.37. The number of benzene rings is 1. The largest absolute Gasteiger partial charge is 0.452 e. The third-order valence-electron chi connectivity index (χ3n) is 3.62. The van der Waals surface area contributed by atoms with E-state index in [0.29, 0.717) is 17.7 Å². The smallest absolute Gasteiger partial charge is 0.310 e. The van der Waals surface area contributed by atoms with Gasteiger partial charge in [-0.25, -0.2) is 0 Å². The summed E-state index contributed by atoms with van der Waals surface area (Å²) >= 11 is 5.91. The maximum Gasteiger partial charge on any atom is 0.310 e. The monoisotopic (exact) mass is 332 g/mol. The van der Waals surface area contributed by atoms with Crippen LogP contribution in [0.15, 0.2) is 30.4 Å². The summed E-state index contributed by atoms with van der Waals surface area (Å²) in [6, 6.07) is 6.52. The molecule has 2 rings (SSSR count). The minimum absolute atomic E-state index is 0.181. The van der Waals surface area contributed by atoms with Crippen LogP contribution in [0, 0.1) is 17.2 Å². The maximum absolute atomic E-state index is 12.1. The van der Waals surface area contributed by atoms with E-state index in [4.69, 9.17) is 21.6 Å². The van der Waals surface area contributed by atoms with Crippen molar-refractivity contribution in [2.24, 2.45) is 5.92 Å². The molecular formula is C17H17ClN2O3. The van der Waals surface area contributed by atoms with E-state index in [-0.39, 0.29) is 16.9 Å². The number of rotatable bonds is 4. The molecule has 1 aromatic carbocycles. The molecule has 1 amide bonds. The van der Waals surface area contributed by atoms with Crippen molar-refractivity contribution < 1.29 is 14.3 Å². The van der Waals surface area contributed by atoms with E-state index in [0.717, 1.165) is 12.8 Å². The van der Waals surface area contributed by atoms with Crippen LogP contribution in [0.5, 0.6) is 0 Å². The predicted molar refractivity (Wildman–Crippen MR) is 86.8 cm³/mol. The summed E-state index contributed by atoms with van der Waals surface area (Å²) in [5.41, 5.74) is 0.775. The van der Waals surface area contributed by atoms with Crippen molar-refractivity contribution in [3.8, 4) is 6.07 Å². The van der Waals surface area contributed by atoms with Crippen LogP contribution in [0.25, 0.3) is 0 Å². The Hall–Kier alpha value is -2.32. The van der Waals surface area contributed by atoms with Crippen LogP contribution in [0.4, 0.5) is 5.69 Å². The van der Waals surface area contributed by atoms with Crippen molar-refractivity contribution in [2.75, 3.05) is 5.32 Å². The molecule has 0 spiro atoms. The second-order valence-corrected chi connectivity index (χ2v) is 5.76. The lowest BCUT2D eigenvalue weighted by Crippen LogP contribution is -2.32. The molecule has 0 radical (unpaired) electrons. The molecule has 0 unspecified atom stereocenters. The summed E-state index contributed by atoms with van der Waals surface area (Å²) in [6.45, 7) is 1.52. The molecule has 2 atom stereocenters.